The summed E-state index contributed by atoms with van der Waals surface area (Å²) in [5.41, 5.74) is 0.860. The lowest BCUT2D eigenvalue weighted by Crippen LogP contribution is -2.05. The number of carboxylic acid groups (broad SMARTS) is 1. The molecule has 0 saturated carbocycles. The van der Waals surface area contributed by atoms with Crippen molar-refractivity contribution in [3.8, 4) is 6.07 Å². The first-order chi connectivity index (χ1) is 6.63. The third-order valence-corrected chi connectivity index (χ3v) is 1.77. The molecule has 0 heterocycles. The largest absolute Gasteiger partial charge is 0.481 e. The first-order valence-electron chi connectivity index (χ1n) is 4.03. The van der Waals surface area contributed by atoms with Crippen LogP contribution in [0.5, 0.6) is 0 Å². The minimum absolute atomic E-state index is 0.352. The average Bonchev–Trinajstić information content (AvgIpc) is 2.17. The van der Waals surface area contributed by atoms with Crippen LogP contribution in [-0.4, -0.2) is 16.2 Å². The van der Waals surface area contributed by atoms with Gasteiger partial charge in [-0.3, -0.25) is 4.79 Å². The van der Waals surface area contributed by atoms with E-state index < -0.39 is 12.1 Å². The first kappa shape index (κ1) is 10.2. The summed E-state index contributed by atoms with van der Waals surface area (Å²) in [5.74, 6) is -1.07. The number of nitrogens with zero attached hydrogens (tertiary/aromatic N) is 1. The Hall–Kier alpha value is -1.86. The molecule has 1 rings (SSSR count). The molecule has 0 aliphatic rings. The summed E-state index contributed by atoms with van der Waals surface area (Å²) < 4.78 is 0. The third-order valence-electron chi connectivity index (χ3n) is 1.77. The van der Waals surface area contributed by atoms with E-state index in [0.717, 1.165) is 0 Å². The van der Waals surface area contributed by atoms with Gasteiger partial charge in [0, 0.05) is 0 Å². The lowest BCUT2D eigenvalue weighted by atomic mass is 10.0. The summed E-state index contributed by atoms with van der Waals surface area (Å²) in [5, 5.41) is 26.4. The number of aliphatic hydroxyl groups excluding tert-OH is 1. The molecule has 2 N–H and O–H groups in total. The molecule has 0 radical (unpaired) electrons. The highest BCUT2D eigenvalue weighted by atomic mass is 16.4. The van der Waals surface area contributed by atoms with E-state index in [0.29, 0.717) is 11.1 Å². The fourth-order valence-corrected chi connectivity index (χ4v) is 1.10. The van der Waals surface area contributed by atoms with Crippen LogP contribution in [0, 0.1) is 11.3 Å². The van der Waals surface area contributed by atoms with Crippen molar-refractivity contribution in [1.82, 2.24) is 0 Å². The van der Waals surface area contributed by atoms with Crippen molar-refractivity contribution in [3.63, 3.8) is 0 Å². The minimum Gasteiger partial charge on any atom is -0.481 e. The highest BCUT2D eigenvalue weighted by Gasteiger charge is 2.11. The highest BCUT2D eigenvalue weighted by Crippen LogP contribution is 2.17. The topological polar surface area (TPSA) is 81.3 Å². The molecule has 1 aromatic carbocycles. The second-order valence-electron chi connectivity index (χ2n) is 2.85. The monoisotopic (exact) mass is 191 g/mol. The Kier molecular flexibility index (Phi) is 3.21. The second kappa shape index (κ2) is 4.40. The zero-order valence-electron chi connectivity index (χ0n) is 7.34. The number of carboxylic acids is 1. The Bertz CT molecular complexity index is 381. The van der Waals surface area contributed by atoms with Crippen molar-refractivity contribution in [1.29, 1.82) is 5.26 Å². The van der Waals surface area contributed by atoms with E-state index >= 15 is 0 Å². The normalized spacial score (nSPS) is 11.7. The number of benzene rings is 1. The molecule has 72 valence electrons. The SMILES string of the molecule is N#Cc1cccc([C@H](O)CC(=O)O)c1. The van der Waals surface area contributed by atoms with Gasteiger partial charge in [-0.15, -0.1) is 0 Å². The number of carbonyl (C=O) groups is 1. The van der Waals surface area contributed by atoms with E-state index in [2.05, 4.69) is 0 Å². The molecular formula is C10H9NO3. The number of rotatable bonds is 3. The molecule has 0 unspecified atom stereocenters. The average molecular weight is 191 g/mol. The zero-order chi connectivity index (χ0) is 10.6. The third kappa shape index (κ3) is 2.57. The summed E-state index contributed by atoms with van der Waals surface area (Å²) >= 11 is 0. The van der Waals surface area contributed by atoms with Gasteiger partial charge in [0.2, 0.25) is 0 Å². The number of aliphatic carboxylic acids is 1. The summed E-state index contributed by atoms with van der Waals surface area (Å²) in [6.45, 7) is 0. The van der Waals surface area contributed by atoms with Crippen LogP contribution in [0.3, 0.4) is 0 Å². The van der Waals surface area contributed by atoms with Gasteiger partial charge in [0.15, 0.2) is 0 Å². The highest BCUT2D eigenvalue weighted by molar-refractivity contribution is 5.67. The number of hydrogen-bond acceptors (Lipinski definition) is 3. The van der Waals surface area contributed by atoms with Crippen LogP contribution in [0.2, 0.25) is 0 Å². The smallest absolute Gasteiger partial charge is 0.306 e. The molecule has 1 atom stereocenters. The van der Waals surface area contributed by atoms with Crippen LogP contribution in [0.1, 0.15) is 23.7 Å². The Labute approximate surface area is 81.0 Å². The number of hydrogen-bond donors (Lipinski definition) is 2. The summed E-state index contributed by atoms with van der Waals surface area (Å²) in [7, 11) is 0. The summed E-state index contributed by atoms with van der Waals surface area (Å²) in [6.07, 6.45) is -1.41. The maximum atomic E-state index is 10.3. The number of nitriles is 1. The Morgan fingerprint density at radius 3 is 2.86 bits per heavy atom. The molecule has 0 spiro atoms. The zero-order valence-corrected chi connectivity index (χ0v) is 7.34. The Morgan fingerprint density at radius 2 is 2.29 bits per heavy atom. The molecule has 0 aromatic heterocycles. The molecule has 0 saturated heterocycles. The predicted molar refractivity (Wildman–Crippen MR) is 48.4 cm³/mol. The lowest BCUT2D eigenvalue weighted by molar-refractivity contribution is -0.139. The van der Waals surface area contributed by atoms with E-state index in [1.54, 1.807) is 18.2 Å². The molecule has 4 heteroatoms. The first-order valence-corrected chi connectivity index (χ1v) is 4.03. The van der Waals surface area contributed by atoms with E-state index in [1.807, 2.05) is 6.07 Å². The van der Waals surface area contributed by atoms with Gasteiger partial charge in [0.25, 0.3) is 0 Å². The Morgan fingerprint density at radius 1 is 1.57 bits per heavy atom. The van der Waals surface area contributed by atoms with Gasteiger partial charge in [-0.25, -0.2) is 0 Å². The van der Waals surface area contributed by atoms with Crippen molar-refractivity contribution in [2.24, 2.45) is 0 Å². The molecule has 0 fully saturated rings. The Balaban J connectivity index is 2.85. The van der Waals surface area contributed by atoms with Crippen LogP contribution in [0.4, 0.5) is 0 Å². The van der Waals surface area contributed by atoms with Gasteiger partial charge in [-0.05, 0) is 17.7 Å². The van der Waals surface area contributed by atoms with Crippen LogP contribution in [0.15, 0.2) is 24.3 Å². The molecule has 0 amide bonds. The van der Waals surface area contributed by atoms with Crippen LogP contribution < -0.4 is 0 Å². The summed E-state index contributed by atoms with van der Waals surface area (Å²) in [6, 6.07) is 8.19. The van der Waals surface area contributed by atoms with Gasteiger partial charge in [0.05, 0.1) is 24.2 Å². The molecule has 0 bridgehead atoms. The van der Waals surface area contributed by atoms with Gasteiger partial charge < -0.3 is 10.2 Å². The van der Waals surface area contributed by atoms with Crippen LogP contribution in [-0.2, 0) is 4.79 Å². The van der Waals surface area contributed by atoms with Gasteiger partial charge >= 0.3 is 5.97 Å². The molecule has 14 heavy (non-hydrogen) atoms. The minimum atomic E-state index is -1.07. The van der Waals surface area contributed by atoms with Crippen molar-refractivity contribution in [2.45, 2.75) is 12.5 Å². The maximum Gasteiger partial charge on any atom is 0.306 e. The van der Waals surface area contributed by atoms with Crippen molar-refractivity contribution in [2.75, 3.05) is 0 Å². The molecule has 1 aromatic rings. The molecular weight excluding hydrogens is 182 g/mol. The van der Waals surface area contributed by atoms with Crippen LogP contribution in [0.25, 0.3) is 0 Å². The van der Waals surface area contributed by atoms with Crippen molar-refractivity contribution in [3.05, 3.63) is 35.4 Å². The van der Waals surface area contributed by atoms with E-state index in [-0.39, 0.29) is 6.42 Å². The maximum absolute atomic E-state index is 10.3. The van der Waals surface area contributed by atoms with Gasteiger partial charge in [-0.2, -0.15) is 5.26 Å². The molecule has 0 aliphatic heterocycles. The van der Waals surface area contributed by atoms with Gasteiger partial charge in [-0.1, -0.05) is 12.1 Å². The van der Waals surface area contributed by atoms with Crippen molar-refractivity contribution >= 4 is 5.97 Å². The predicted octanol–water partition coefficient (Wildman–Crippen LogP) is 1.07. The number of aliphatic hydroxyl groups is 1. The standard InChI is InChI=1S/C10H9NO3/c11-6-7-2-1-3-8(4-7)9(12)5-10(13)14/h1-4,9,12H,5H2,(H,13,14)/t9-/m1/s1. The molecule has 4 nitrogen and oxygen atoms in total. The fourth-order valence-electron chi connectivity index (χ4n) is 1.10. The van der Waals surface area contributed by atoms with Crippen LogP contribution >= 0.6 is 0 Å². The second-order valence-corrected chi connectivity index (χ2v) is 2.85. The summed E-state index contributed by atoms with van der Waals surface area (Å²) in [4.78, 5) is 10.3. The van der Waals surface area contributed by atoms with Gasteiger partial charge in [0.1, 0.15) is 0 Å². The van der Waals surface area contributed by atoms with E-state index in [4.69, 9.17) is 10.4 Å². The molecule has 0 aliphatic carbocycles. The van der Waals surface area contributed by atoms with E-state index in [9.17, 15) is 9.90 Å². The quantitative estimate of drug-likeness (QED) is 0.748. The lowest BCUT2D eigenvalue weighted by Gasteiger charge is -2.07. The fraction of sp³-hybridized carbons (Fsp3) is 0.200. The van der Waals surface area contributed by atoms with E-state index in [1.165, 1.54) is 6.07 Å². The van der Waals surface area contributed by atoms with Crippen molar-refractivity contribution < 1.29 is 15.0 Å².